The predicted molar refractivity (Wildman–Crippen MR) is 49.9 cm³/mol. The van der Waals surface area contributed by atoms with Crippen LogP contribution in [0.3, 0.4) is 0 Å². The lowest BCUT2D eigenvalue weighted by Crippen LogP contribution is -2.34. The van der Waals surface area contributed by atoms with E-state index in [2.05, 4.69) is 6.92 Å². The minimum absolute atomic E-state index is 0.00694. The van der Waals surface area contributed by atoms with Gasteiger partial charge in [0.15, 0.2) is 0 Å². The Morgan fingerprint density at radius 1 is 1.08 bits per heavy atom. The van der Waals surface area contributed by atoms with E-state index in [0.717, 1.165) is 12.3 Å². The molecule has 12 heavy (non-hydrogen) atoms. The molecule has 0 unspecified atom stereocenters. The van der Waals surface area contributed by atoms with E-state index in [1.165, 1.54) is 38.5 Å². The van der Waals surface area contributed by atoms with Crippen molar-refractivity contribution in [3.05, 3.63) is 0 Å². The van der Waals surface area contributed by atoms with Crippen molar-refractivity contribution in [1.29, 1.82) is 0 Å². The fraction of sp³-hybridized carbons (Fsp3) is 1.00. The highest BCUT2D eigenvalue weighted by Crippen LogP contribution is 2.50. The molecule has 0 spiro atoms. The van der Waals surface area contributed by atoms with Crippen LogP contribution in [0.2, 0.25) is 0 Å². The van der Waals surface area contributed by atoms with Crippen molar-refractivity contribution in [1.82, 2.24) is 0 Å². The Bertz CT molecular complexity index is 166. The van der Waals surface area contributed by atoms with Gasteiger partial charge >= 0.3 is 0 Å². The van der Waals surface area contributed by atoms with Crippen LogP contribution in [0.25, 0.3) is 0 Å². The topological polar surface area (TPSA) is 20.2 Å². The van der Waals surface area contributed by atoms with Crippen molar-refractivity contribution < 1.29 is 5.11 Å². The van der Waals surface area contributed by atoms with E-state index in [4.69, 9.17) is 0 Å². The zero-order valence-electron chi connectivity index (χ0n) is 8.05. The summed E-state index contributed by atoms with van der Waals surface area (Å²) in [5.41, 5.74) is 0.288. The van der Waals surface area contributed by atoms with Gasteiger partial charge in [-0.15, -0.1) is 0 Å². The fourth-order valence-corrected chi connectivity index (χ4v) is 3.23. The maximum atomic E-state index is 10.0. The molecule has 2 aliphatic rings. The number of rotatable bonds is 0. The average molecular weight is 168 g/mol. The van der Waals surface area contributed by atoms with Crippen molar-refractivity contribution in [2.24, 2.45) is 11.3 Å². The van der Waals surface area contributed by atoms with E-state index in [1.807, 2.05) is 0 Å². The first-order valence-corrected chi connectivity index (χ1v) is 5.41. The molecule has 0 aromatic heterocycles. The molecule has 0 aromatic rings. The van der Waals surface area contributed by atoms with Gasteiger partial charge in [-0.1, -0.05) is 26.2 Å². The van der Waals surface area contributed by atoms with Crippen molar-refractivity contribution in [2.75, 3.05) is 0 Å². The number of hydrogen-bond acceptors (Lipinski definition) is 1. The highest BCUT2D eigenvalue weighted by molar-refractivity contribution is 4.95. The molecule has 0 bridgehead atoms. The first-order valence-electron chi connectivity index (χ1n) is 5.41. The fourth-order valence-electron chi connectivity index (χ4n) is 3.23. The molecule has 0 saturated heterocycles. The second kappa shape index (κ2) is 3.02. The highest BCUT2D eigenvalue weighted by Gasteiger charge is 2.44. The maximum absolute atomic E-state index is 10.0. The quantitative estimate of drug-likeness (QED) is 0.589. The van der Waals surface area contributed by atoms with Gasteiger partial charge in [0.05, 0.1) is 6.10 Å². The number of fused-ring (bicyclic) bond motifs is 1. The molecular weight excluding hydrogens is 148 g/mol. The van der Waals surface area contributed by atoms with Gasteiger partial charge in [-0.25, -0.2) is 0 Å². The summed E-state index contributed by atoms with van der Waals surface area (Å²) in [5, 5.41) is 10.0. The molecule has 0 heterocycles. The summed E-state index contributed by atoms with van der Waals surface area (Å²) in [5.74, 6) is 0.829. The molecule has 0 amide bonds. The molecule has 3 atom stereocenters. The van der Waals surface area contributed by atoms with E-state index in [0.29, 0.717) is 0 Å². The summed E-state index contributed by atoms with van der Waals surface area (Å²) in [6.07, 6.45) is 8.97. The molecular formula is C11H20O. The Kier molecular flexibility index (Phi) is 2.16. The smallest absolute Gasteiger partial charge is 0.0596 e. The van der Waals surface area contributed by atoms with Crippen molar-refractivity contribution >= 4 is 0 Å². The first-order chi connectivity index (χ1) is 5.73. The Morgan fingerprint density at radius 2 is 1.75 bits per heavy atom. The van der Waals surface area contributed by atoms with E-state index < -0.39 is 0 Å². The molecule has 70 valence electrons. The van der Waals surface area contributed by atoms with Crippen LogP contribution in [0.4, 0.5) is 0 Å². The van der Waals surface area contributed by atoms with Gasteiger partial charge in [-0.05, 0) is 37.0 Å². The normalized spacial score (nSPS) is 48.5. The van der Waals surface area contributed by atoms with Gasteiger partial charge in [0, 0.05) is 0 Å². The monoisotopic (exact) mass is 168 g/mol. The number of aliphatic hydroxyl groups is 1. The molecule has 2 rings (SSSR count). The molecule has 1 heteroatoms. The maximum Gasteiger partial charge on any atom is 0.0596 e. The summed E-state index contributed by atoms with van der Waals surface area (Å²) in [6.45, 7) is 2.31. The lowest BCUT2D eigenvalue weighted by atomic mass is 9.74. The van der Waals surface area contributed by atoms with Crippen molar-refractivity contribution in [3.8, 4) is 0 Å². The van der Waals surface area contributed by atoms with Crippen LogP contribution in [0.15, 0.2) is 0 Å². The first kappa shape index (κ1) is 8.55. The van der Waals surface area contributed by atoms with Crippen LogP contribution >= 0.6 is 0 Å². The summed E-state index contributed by atoms with van der Waals surface area (Å²) in [6, 6.07) is 0. The van der Waals surface area contributed by atoms with Crippen molar-refractivity contribution in [2.45, 2.75) is 58.0 Å². The van der Waals surface area contributed by atoms with Crippen LogP contribution in [0.5, 0.6) is 0 Å². The molecule has 0 aliphatic heterocycles. The lowest BCUT2D eigenvalue weighted by Gasteiger charge is -2.34. The van der Waals surface area contributed by atoms with E-state index in [1.54, 1.807) is 0 Å². The molecule has 0 aromatic carbocycles. The lowest BCUT2D eigenvalue weighted by molar-refractivity contribution is 0.0113. The summed E-state index contributed by atoms with van der Waals surface area (Å²) < 4.78 is 0. The van der Waals surface area contributed by atoms with Crippen LogP contribution in [0, 0.1) is 11.3 Å². The molecule has 0 radical (unpaired) electrons. The minimum atomic E-state index is -0.00694. The van der Waals surface area contributed by atoms with Gasteiger partial charge in [0.2, 0.25) is 0 Å². The largest absolute Gasteiger partial charge is 0.393 e. The zero-order chi connectivity index (χ0) is 8.60. The SMILES string of the molecule is C[C@]12CCC[C@H]1CCCC[C@@H]2O. The van der Waals surface area contributed by atoms with E-state index in [-0.39, 0.29) is 11.5 Å². The van der Waals surface area contributed by atoms with Gasteiger partial charge in [0.25, 0.3) is 0 Å². The van der Waals surface area contributed by atoms with E-state index in [9.17, 15) is 5.11 Å². The van der Waals surface area contributed by atoms with Crippen LogP contribution in [-0.2, 0) is 0 Å². The zero-order valence-corrected chi connectivity index (χ0v) is 8.05. The molecule has 1 N–H and O–H groups in total. The average Bonchev–Trinajstić information content (AvgIpc) is 2.37. The molecule has 1 nitrogen and oxygen atoms in total. The summed E-state index contributed by atoms with van der Waals surface area (Å²) in [4.78, 5) is 0. The Balaban J connectivity index is 2.17. The third kappa shape index (κ3) is 1.19. The van der Waals surface area contributed by atoms with Gasteiger partial charge < -0.3 is 5.11 Å². The molecule has 2 aliphatic carbocycles. The van der Waals surface area contributed by atoms with Crippen LogP contribution in [-0.4, -0.2) is 11.2 Å². The van der Waals surface area contributed by atoms with Gasteiger partial charge in [-0.2, -0.15) is 0 Å². The highest BCUT2D eigenvalue weighted by atomic mass is 16.3. The third-order valence-corrected chi connectivity index (χ3v) is 4.24. The second-order valence-corrected chi connectivity index (χ2v) is 4.90. The Labute approximate surface area is 75.2 Å². The van der Waals surface area contributed by atoms with Crippen LogP contribution < -0.4 is 0 Å². The number of aliphatic hydroxyl groups excluding tert-OH is 1. The second-order valence-electron chi connectivity index (χ2n) is 4.90. The predicted octanol–water partition coefficient (Wildman–Crippen LogP) is 2.73. The standard InChI is InChI=1S/C11H20O/c1-11-8-4-6-9(11)5-2-3-7-10(11)12/h9-10,12H,2-8H2,1H3/t9-,10+,11+/m1/s1. The summed E-state index contributed by atoms with van der Waals surface area (Å²) in [7, 11) is 0. The van der Waals surface area contributed by atoms with Crippen LogP contribution in [0.1, 0.15) is 51.9 Å². The summed E-state index contributed by atoms with van der Waals surface area (Å²) >= 11 is 0. The van der Waals surface area contributed by atoms with Gasteiger partial charge in [-0.3, -0.25) is 0 Å². The molecule has 2 saturated carbocycles. The Hall–Kier alpha value is -0.0400. The van der Waals surface area contributed by atoms with Crippen molar-refractivity contribution in [3.63, 3.8) is 0 Å². The van der Waals surface area contributed by atoms with Gasteiger partial charge in [0.1, 0.15) is 0 Å². The third-order valence-electron chi connectivity index (χ3n) is 4.24. The number of hydrogen-bond donors (Lipinski definition) is 1. The van der Waals surface area contributed by atoms with E-state index >= 15 is 0 Å². The minimum Gasteiger partial charge on any atom is -0.393 e. The Morgan fingerprint density at radius 3 is 2.58 bits per heavy atom. The molecule has 2 fully saturated rings.